The molecule has 1 amide bonds. The summed E-state index contributed by atoms with van der Waals surface area (Å²) in [6.07, 6.45) is 4.35. The zero-order valence-corrected chi connectivity index (χ0v) is 12.5. The number of nitrogens with one attached hydrogen (secondary N) is 1. The van der Waals surface area contributed by atoms with Crippen molar-refractivity contribution in [3.63, 3.8) is 0 Å². The third-order valence-electron chi connectivity index (χ3n) is 3.60. The highest BCUT2D eigenvalue weighted by atomic mass is 35.5. The maximum atomic E-state index is 12.3. The fourth-order valence-corrected chi connectivity index (χ4v) is 2.59. The third kappa shape index (κ3) is 3.44. The van der Waals surface area contributed by atoms with Gasteiger partial charge in [0.1, 0.15) is 5.75 Å². The van der Waals surface area contributed by atoms with E-state index in [1.165, 1.54) is 0 Å². The van der Waals surface area contributed by atoms with E-state index in [0.717, 1.165) is 32.1 Å². The lowest BCUT2D eigenvalue weighted by molar-refractivity contribution is -0.121. The zero-order valence-electron chi connectivity index (χ0n) is 11.7. The molecular weight excluding hydrogens is 276 g/mol. The molecule has 0 aromatic heterocycles. The maximum absolute atomic E-state index is 12.3. The van der Waals surface area contributed by atoms with Crippen LogP contribution in [0.3, 0.4) is 0 Å². The van der Waals surface area contributed by atoms with Crippen molar-refractivity contribution >= 4 is 23.2 Å². The average Bonchev–Trinajstić information content (AvgIpc) is 2.86. The van der Waals surface area contributed by atoms with Crippen LogP contribution in [0, 0.1) is 0 Å². The van der Waals surface area contributed by atoms with Crippen LogP contribution in [0.1, 0.15) is 39.0 Å². The molecule has 1 aliphatic carbocycles. The van der Waals surface area contributed by atoms with Gasteiger partial charge in [0.05, 0.1) is 17.8 Å². The molecule has 3 N–H and O–H groups in total. The van der Waals surface area contributed by atoms with E-state index in [9.17, 15) is 4.79 Å². The van der Waals surface area contributed by atoms with Crippen LogP contribution in [0.5, 0.6) is 5.75 Å². The molecule has 2 rings (SSSR count). The Labute approximate surface area is 124 Å². The number of hydrogen-bond acceptors (Lipinski definition) is 3. The molecule has 1 fully saturated rings. The minimum absolute atomic E-state index is 0.154. The molecule has 0 atom stereocenters. The molecule has 1 saturated carbocycles. The van der Waals surface area contributed by atoms with Crippen LogP contribution < -0.4 is 15.8 Å². The average molecular weight is 297 g/mol. The monoisotopic (exact) mass is 296 g/mol. The summed E-state index contributed by atoms with van der Waals surface area (Å²) >= 11 is 5.99. The van der Waals surface area contributed by atoms with Gasteiger partial charge in [-0.3, -0.25) is 4.79 Å². The van der Waals surface area contributed by atoms with E-state index >= 15 is 0 Å². The molecule has 1 aromatic rings. The van der Waals surface area contributed by atoms with Gasteiger partial charge in [0.2, 0.25) is 5.91 Å². The second-order valence-corrected chi connectivity index (χ2v) is 5.74. The summed E-state index contributed by atoms with van der Waals surface area (Å²) in [6.45, 7) is 2.62. The highest BCUT2D eigenvalue weighted by molar-refractivity contribution is 6.31. The molecule has 0 unspecified atom stereocenters. The Morgan fingerprint density at radius 1 is 1.45 bits per heavy atom. The van der Waals surface area contributed by atoms with E-state index in [-0.39, 0.29) is 5.91 Å². The summed E-state index contributed by atoms with van der Waals surface area (Å²) in [5, 5.41) is 3.43. The SMILES string of the molecule is CCCOc1ccc(Cl)cc1NC(=O)C1(N)CCCC1. The topological polar surface area (TPSA) is 64.3 Å². The van der Waals surface area contributed by atoms with Gasteiger partial charge in [0.15, 0.2) is 0 Å². The molecule has 0 saturated heterocycles. The van der Waals surface area contributed by atoms with Gasteiger partial charge in [-0.15, -0.1) is 0 Å². The van der Waals surface area contributed by atoms with E-state index in [1.54, 1.807) is 18.2 Å². The number of rotatable bonds is 5. The molecule has 0 spiro atoms. The van der Waals surface area contributed by atoms with Gasteiger partial charge >= 0.3 is 0 Å². The molecule has 5 heteroatoms. The van der Waals surface area contributed by atoms with Crippen molar-refractivity contribution < 1.29 is 9.53 Å². The van der Waals surface area contributed by atoms with Crippen molar-refractivity contribution in [1.29, 1.82) is 0 Å². The fourth-order valence-electron chi connectivity index (χ4n) is 2.42. The van der Waals surface area contributed by atoms with E-state index in [1.807, 2.05) is 6.92 Å². The van der Waals surface area contributed by atoms with Crippen molar-refractivity contribution in [2.24, 2.45) is 5.73 Å². The van der Waals surface area contributed by atoms with Crippen molar-refractivity contribution in [2.45, 2.75) is 44.6 Å². The lowest BCUT2D eigenvalue weighted by atomic mass is 9.98. The molecule has 0 aliphatic heterocycles. The van der Waals surface area contributed by atoms with E-state index < -0.39 is 5.54 Å². The Hall–Kier alpha value is -1.26. The lowest BCUT2D eigenvalue weighted by Gasteiger charge is -2.23. The standard InChI is InChI=1S/C15H21ClN2O2/c1-2-9-20-13-6-5-11(16)10-12(13)18-14(19)15(17)7-3-4-8-15/h5-6,10H,2-4,7-9,17H2,1H3,(H,18,19). The molecule has 110 valence electrons. The number of hydrogen-bond donors (Lipinski definition) is 2. The Kier molecular flexibility index (Phi) is 4.89. The van der Waals surface area contributed by atoms with E-state index in [0.29, 0.717) is 23.1 Å². The Morgan fingerprint density at radius 2 is 2.15 bits per heavy atom. The molecule has 20 heavy (non-hydrogen) atoms. The van der Waals surface area contributed by atoms with Crippen molar-refractivity contribution in [2.75, 3.05) is 11.9 Å². The van der Waals surface area contributed by atoms with Gasteiger partial charge in [-0.25, -0.2) is 0 Å². The first-order chi connectivity index (χ1) is 9.55. The predicted octanol–water partition coefficient (Wildman–Crippen LogP) is 3.34. The molecule has 1 aliphatic rings. The minimum Gasteiger partial charge on any atom is -0.491 e. The normalized spacial score (nSPS) is 16.9. The third-order valence-corrected chi connectivity index (χ3v) is 3.83. The van der Waals surface area contributed by atoms with Crippen molar-refractivity contribution in [3.05, 3.63) is 23.2 Å². The van der Waals surface area contributed by atoms with Crippen LogP contribution in [0.2, 0.25) is 5.02 Å². The van der Waals surface area contributed by atoms with Gasteiger partial charge in [0.25, 0.3) is 0 Å². The van der Waals surface area contributed by atoms with Crippen molar-refractivity contribution in [3.8, 4) is 5.75 Å². The van der Waals surface area contributed by atoms with Gasteiger partial charge in [0, 0.05) is 5.02 Å². The van der Waals surface area contributed by atoms with Crippen LogP contribution in [-0.2, 0) is 4.79 Å². The summed E-state index contributed by atoms with van der Waals surface area (Å²) in [5.41, 5.74) is 5.98. The number of halogens is 1. The summed E-state index contributed by atoms with van der Waals surface area (Å²) in [5.74, 6) is 0.477. The summed E-state index contributed by atoms with van der Waals surface area (Å²) < 4.78 is 5.62. The quantitative estimate of drug-likeness (QED) is 0.876. The Bertz CT molecular complexity index is 485. The molecule has 4 nitrogen and oxygen atoms in total. The lowest BCUT2D eigenvalue weighted by Crippen LogP contribution is -2.48. The summed E-state index contributed by atoms with van der Waals surface area (Å²) in [7, 11) is 0. The highest BCUT2D eigenvalue weighted by Gasteiger charge is 2.37. The molecule has 0 heterocycles. The van der Waals surface area contributed by atoms with Crippen LogP contribution >= 0.6 is 11.6 Å². The molecule has 0 bridgehead atoms. The number of amides is 1. The van der Waals surface area contributed by atoms with Gasteiger partial charge < -0.3 is 15.8 Å². The number of benzene rings is 1. The maximum Gasteiger partial charge on any atom is 0.244 e. The molecule has 0 radical (unpaired) electrons. The first-order valence-corrected chi connectivity index (χ1v) is 7.45. The molecular formula is C15H21ClN2O2. The number of carbonyl (C=O) groups excluding carboxylic acids is 1. The predicted molar refractivity (Wildman–Crippen MR) is 81.3 cm³/mol. The van der Waals surface area contributed by atoms with Gasteiger partial charge in [-0.05, 0) is 37.5 Å². The zero-order chi connectivity index (χ0) is 14.6. The van der Waals surface area contributed by atoms with Gasteiger partial charge in [-0.1, -0.05) is 31.4 Å². The largest absolute Gasteiger partial charge is 0.491 e. The van der Waals surface area contributed by atoms with E-state index in [2.05, 4.69) is 5.32 Å². The molecule has 1 aromatic carbocycles. The smallest absolute Gasteiger partial charge is 0.244 e. The minimum atomic E-state index is -0.760. The summed E-state index contributed by atoms with van der Waals surface area (Å²) in [6, 6.07) is 5.21. The Balaban J connectivity index is 2.14. The first kappa shape index (κ1) is 15.1. The van der Waals surface area contributed by atoms with Gasteiger partial charge in [-0.2, -0.15) is 0 Å². The van der Waals surface area contributed by atoms with Crippen LogP contribution in [0.25, 0.3) is 0 Å². The Morgan fingerprint density at radius 3 is 2.80 bits per heavy atom. The van der Waals surface area contributed by atoms with Crippen LogP contribution in [0.15, 0.2) is 18.2 Å². The first-order valence-electron chi connectivity index (χ1n) is 7.08. The number of anilines is 1. The second-order valence-electron chi connectivity index (χ2n) is 5.31. The van der Waals surface area contributed by atoms with Crippen molar-refractivity contribution in [1.82, 2.24) is 0 Å². The summed E-state index contributed by atoms with van der Waals surface area (Å²) in [4.78, 5) is 12.3. The van der Waals surface area contributed by atoms with Crippen LogP contribution in [0.4, 0.5) is 5.69 Å². The number of nitrogens with two attached hydrogens (primary N) is 1. The number of ether oxygens (including phenoxy) is 1. The van der Waals surface area contributed by atoms with E-state index in [4.69, 9.17) is 22.1 Å². The fraction of sp³-hybridized carbons (Fsp3) is 0.533. The second kappa shape index (κ2) is 6.46. The number of carbonyl (C=O) groups is 1. The highest BCUT2D eigenvalue weighted by Crippen LogP contribution is 2.32. The van der Waals surface area contributed by atoms with Crippen LogP contribution in [-0.4, -0.2) is 18.1 Å².